The molecule has 0 radical (unpaired) electrons. The summed E-state index contributed by atoms with van der Waals surface area (Å²) in [6.45, 7) is 6.14. The molecule has 1 aliphatic heterocycles. The number of aromatic nitrogens is 3. The molecule has 0 atom stereocenters. The molecule has 224 valence electrons. The van der Waals surface area contributed by atoms with Gasteiger partial charge in [0.25, 0.3) is 5.91 Å². The fraction of sp³-hybridized carbons (Fsp3) is 0.375. The van der Waals surface area contributed by atoms with Crippen LogP contribution in [-0.2, 0) is 36.5 Å². The minimum Gasteiger partial charge on any atom is -0.327 e. The molecule has 8 nitrogen and oxygen atoms in total. The van der Waals surface area contributed by atoms with Gasteiger partial charge in [-0.3, -0.25) is 9.59 Å². The number of rotatable bonds is 10. The smallest absolute Gasteiger partial charge is 0.327 e. The van der Waals surface area contributed by atoms with Crippen molar-refractivity contribution < 1.29 is 22.8 Å². The fourth-order valence-electron chi connectivity index (χ4n) is 6.35. The summed E-state index contributed by atoms with van der Waals surface area (Å²) in [5.41, 5.74) is 0.604. The first-order chi connectivity index (χ1) is 20.5. The number of aryl methyl sites for hydroxylation is 1. The first-order valence-corrected chi connectivity index (χ1v) is 14.0. The number of anilines is 1. The lowest BCUT2D eigenvalue weighted by Gasteiger charge is -2.46. The van der Waals surface area contributed by atoms with Crippen molar-refractivity contribution in [1.82, 2.24) is 25.0 Å². The molecule has 1 aromatic heterocycles. The van der Waals surface area contributed by atoms with Crippen molar-refractivity contribution in [3.8, 4) is 12.3 Å². The van der Waals surface area contributed by atoms with Gasteiger partial charge in [0.05, 0.1) is 24.1 Å². The van der Waals surface area contributed by atoms with Crippen LogP contribution in [0.3, 0.4) is 0 Å². The Kier molecular flexibility index (Phi) is 8.16. The van der Waals surface area contributed by atoms with Crippen LogP contribution in [0.5, 0.6) is 0 Å². The van der Waals surface area contributed by atoms with Gasteiger partial charge in [-0.15, -0.1) is 16.6 Å². The van der Waals surface area contributed by atoms with E-state index in [9.17, 15) is 22.8 Å². The molecule has 1 N–H and O–H groups in total. The zero-order valence-corrected chi connectivity index (χ0v) is 24.1. The Morgan fingerprint density at radius 2 is 2.07 bits per heavy atom. The average molecular weight is 591 g/mol. The Labute approximate surface area is 248 Å². The Balaban J connectivity index is 1.39. The zero-order chi connectivity index (χ0) is 30.9. The highest BCUT2D eigenvalue weighted by molar-refractivity contribution is 6.10. The maximum atomic E-state index is 14.3. The number of terminal acetylenes is 1. The number of benzene rings is 2. The largest absolute Gasteiger partial charge is 0.416 e. The first-order valence-electron chi connectivity index (χ1n) is 14.0. The standard InChI is InChI=1S/C32H33F3N6O2/c1-5-11-40(28(42)6-2)12-10-36-18-22-13-25-26(27(14-22)32(33,34)35)19-41(29(25)43)24-9-7-8-23(15-24)31(16-21(3)17-31)30-38-37-20-39(30)4/h1,6-9,13-15,20-21,36H,2,10-12,16-19H2,3-4H3. The number of halogens is 3. The summed E-state index contributed by atoms with van der Waals surface area (Å²) in [5, 5.41) is 11.5. The number of hydrogen-bond donors (Lipinski definition) is 1. The number of nitrogens with zero attached hydrogens (tertiary/aromatic N) is 5. The molecule has 43 heavy (non-hydrogen) atoms. The van der Waals surface area contributed by atoms with Crippen LogP contribution in [0.25, 0.3) is 0 Å². The van der Waals surface area contributed by atoms with Gasteiger partial charge in [-0.2, -0.15) is 13.2 Å². The van der Waals surface area contributed by atoms with Gasteiger partial charge >= 0.3 is 6.18 Å². The molecule has 2 amide bonds. The van der Waals surface area contributed by atoms with Crippen LogP contribution in [0.15, 0.2) is 55.4 Å². The van der Waals surface area contributed by atoms with Crippen LogP contribution < -0.4 is 10.2 Å². The maximum Gasteiger partial charge on any atom is 0.416 e. The molecular weight excluding hydrogens is 557 g/mol. The molecule has 1 saturated carbocycles. The lowest BCUT2D eigenvalue weighted by atomic mass is 9.58. The molecule has 5 rings (SSSR count). The minimum atomic E-state index is -4.64. The Hall–Kier alpha value is -4.43. The van der Waals surface area contributed by atoms with Gasteiger partial charge in [0.2, 0.25) is 5.91 Å². The molecule has 1 aliphatic carbocycles. The molecular formula is C32H33F3N6O2. The van der Waals surface area contributed by atoms with E-state index >= 15 is 0 Å². The summed E-state index contributed by atoms with van der Waals surface area (Å²) < 4.78 is 44.7. The van der Waals surface area contributed by atoms with Gasteiger partial charge in [-0.05, 0) is 65.8 Å². The lowest BCUT2D eigenvalue weighted by Crippen LogP contribution is -2.43. The van der Waals surface area contributed by atoms with E-state index in [0.717, 1.165) is 36.4 Å². The number of alkyl halides is 3. The van der Waals surface area contributed by atoms with E-state index < -0.39 is 17.6 Å². The average Bonchev–Trinajstić information content (AvgIpc) is 3.54. The minimum absolute atomic E-state index is 0.0353. The van der Waals surface area contributed by atoms with Gasteiger partial charge in [0.1, 0.15) is 12.2 Å². The predicted molar refractivity (Wildman–Crippen MR) is 156 cm³/mol. The number of nitrogens with one attached hydrogen (secondary N) is 1. The third-order valence-corrected chi connectivity index (χ3v) is 8.31. The van der Waals surface area contributed by atoms with E-state index in [1.807, 2.05) is 29.8 Å². The third-order valence-electron chi connectivity index (χ3n) is 8.31. The van der Waals surface area contributed by atoms with E-state index in [2.05, 4.69) is 34.9 Å². The van der Waals surface area contributed by atoms with Crippen LogP contribution in [0.4, 0.5) is 18.9 Å². The third kappa shape index (κ3) is 5.67. The summed E-state index contributed by atoms with van der Waals surface area (Å²) >= 11 is 0. The highest BCUT2D eigenvalue weighted by atomic mass is 19.4. The molecule has 3 aromatic rings. The van der Waals surface area contributed by atoms with Crippen molar-refractivity contribution in [1.29, 1.82) is 0 Å². The molecule has 0 bridgehead atoms. The lowest BCUT2D eigenvalue weighted by molar-refractivity contribution is -0.138. The van der Waals surface area contributed by atoms with Gasteiger partial charge in [-0.1, -0.05) is 31.6 Å². The van der Waals surface area contributed by atoms with Crippen LogP contribution in [0.1, 0.15) is 58.2 Å². The van der Waals surface area contributed by atoms with Crippen LogP contribution in [0.2, 0.25) is 0 Å². The second kappa shape index (κ2) is 11.7. The van der Waals surface area contributed by atoms with Crippen molar-refractivity contribution in [2.75, 3.05) is 24.5 Å². The second-order valence-electron chi connectivity index (χ2n) is 11.3. The Morgan fingerprint density at radius 1 is 1.30 bits per heavy atom. The molecule has 0 saturated heterocycles. The quantitative estimate of drug-likeness (QED) is 0.214. The summed E-state index contributed by atoms with van der Waals surface area (Å²) in [6.07, 6.45) is 5.20. The SMILES string of the molecule is C#CCN(CCNCc1cc2c(c(C(F)(F)F)c1)CN(c1cccc(C3(c4nncn4C)CC(C)C3)c1)C2=O)C(=O)C=C. The maximum absolute atomic E-state index is 14.3. The van der Waals surface area contributed by atoms with Crippen LogP contribution in [0, 0.1) is 18.3 Å². The van der Waals surface area contributed by atoms with Crippen molar-refractivity contribution in [2.24, 2.45) is 13.0 Å². The van der Waals surface area contributed by atoms with Crippen molar-refractivity contribution in [3.63, 3.8) is 0 Å². The van der Waals surface area contributed by atoms with Crippen molar-refractivity contribution >= 4 is 17.5 Å². The highest BCUT2D eigenvalue weighted by Crippen LogP contribution is 2.52. The summed E-state index contributed by atoms with van der Waals surface area (Å²) in [7, 11) is 1.89. The normalized spacial score (nSPS) is 19.5. The van der Waals surface area contributed by atoms with E-state index in [-0.39, 0.29) is 48.6 Å². The van der Waals surface area contributed by atoms with E-state index in [4.69, 9.17) is 6.42 Å². The number of carbonyl (C=O) groups excluding carboxylic acids is 2. The van der Waals surface area contributed by atoms with Gasteiger partial charge in [-0.25, -0.2) is 0 Å². The summed E-state index contributed by atoms with van der Waals surface area (Å²) in [5.74, 6) is 2.89. The molecule has 0 unspecified atom stereocenters. The van der Waals surface area contributed by atoms with Crippen molar-refractivity contribution in [3.05, 3.63) is 89.0 Å². The molecule has 0 spiro atoms. The molecule has 2 aromatic carbocycles. The summed E-state index contributed by atoms with van der Waals surface area (Å²) in [4.78, 5) is 28.4. The fourth-order valence-corrected chi connectivity index (χ4v) is 6.35. The predicted octanol–water partition coefficient (Wildman–Crippen LogP) is 4.45. The zero-order valence-electron chi connectivity index (χ0n) is 24.1. The van der Waals surface area contributed by atoms with Gasteiger partial charge in [0, 0.05) is 37.9 Å². The summed E-state index contributed by atoms with van der Waals surface area (Å²) in [6, 6.07) is 10.1. The van der Waals surface area contributed by atoms with Crippen LogP contribution in [-0.4, -0.2) is 51.1 Å². The highest BCUT2D eigenvalue weighted by Gasteiger charge is 2.48. The van der Waals surface area contributed by atoms with Crippen molar-refractivity contribution in [2.45, 2.75) is 44.4 Å². The topological polar surface area (TPSA) is 83.4 Å². The van der Waals surface area contributed by atoms with E-state index in [0.29, 0.717) is 23.7 Å². The van der Waals surface area contributed by atoms with Gasteiger partial charge < -0.3 is 19.7 Å². The number of carbonyl (C=O) groups is 2. The first kappa shape index (κ1) is 30.0. The Bertz CT molecular complexity index is 1600. The second-order valence-corrected chi connectivity index (χ2v) is 11.3. The van der Waals surface area contributed by atoms with Crippen LogP contribution >= 0.6 is 0 Å². The number of hydrogen-bond acceptors (Lipinski definition) is 5. The molecule has 2 heterocycles. The van der Waals surface area contributed by atoms with Gasteiger partial charge in [0.15, 0.2) is 0 Å². The molecule has 11 heteroatoms. The Morgan fingerprint density at radius 3 is 2.70 bits per heavy atom. The molecule has 1 fully saturated rings. The number of fused-ring (bicyclic) bond motifs is 1. The molecule has 2 aliphatic rings. The van der Waals surface area contributed by atoms with E-state index in [1.165, 1.54) is 15.9 Å². The monoisotopic (exact) mass is 590 g/mol. The number of amides is 2. The van der Waals surface area contributed by atoms with E-state index in [1.54, 1.807) is 12.4 Å².